The van der Waals surface area contributed by atoms with E-state index in [0.717, 1.165) is 30.5 Å². The lowest BCUT2D eigenvalue weighted by Crippen LogP contribution is -2.45. The molecule has 0 saturated carbocycles. The number of halogens is 4. The summed E-state index contributed by atoms with van der Waals surface area (Å²) in [5, 5.41) is 14.5. The third kappa shape index (κ3) is 4.20. The van der Waals surface area contributed by atoms with E-state index >= 15 is 0 Å². The van der Waals surface area contributed by atoms with E-state index < -0.39 is 22.8 Å². The van der Waals surface area contributed by atoms with Crippen LogP contribution in [-0.4, -0.2) is 58.0 Å². The Balaban J connectivity index is 1.97. The van der Waals surface area contributed by atoms with E-state index in [1.807, 2.05) is 0 Å². The highest BCUT2D eigenvalue weighted by Crippen LogP contribution is 2.35. The van der Waals surface area contributed by atoms with Gasteiger partial charge < -0.3 is 10.4 Å². The average Bonchev–Trinajstić information content (AvgIpc) is 2.82. The summed E-state index contributed by atoms with van der Waals surface area (Å²) >= 11 is 5.67. The Kier molecular flexibility index (Phi) is 6.11. The second-order valence-electron chi connectivity index (χ2n) is 5.76. The molecule has 2 N–H and O–H groups in total. The summed E-state index contributed by atoms with van der Waals surface area (Å²) in [6.45, 7) is 1.64. The molecule has 1 aromatic heterocycles. The highest BCUT2D eigenvalue weighted by atomic mass is 35.5. The van der Waals surface area contributed by atoms with E-state index in [1.54, 1.807) is 0 Å². The van der Waals surface area contributed by atoms with Crippen LogP contribution in [0.1, 0.15) is 35.4 Å². The minimum absolute atomic E-state index is 0.0520. The van der Waals surface area contributed by atoms with E-state index in [1.165, 1.54) is 7.05 Å². The van der Waals surface area contributed by atoms with E-state index in [9.17, 15) is 23.1 Å². The highest BCUT2D eigenvalue weighted by Gasteiger charge is 2.39. The van der Waals surface area contributed by atoms with Crippen molar-refractivity contribution in [3.8, 4) is 0 Å². The van der Waals surface area contributed by atoms with Gasteiger partial charge in [-0.1, -0.05) is 18.0 Å². The molecule has 1 aromatic rings. The number of rotatable bonds is 5. The second-order valence-corrected chi connectivity index (χ2v) is 6.13. The number of amides is 1. The van der Waals surface area contributed by atoms with Crippen LogP contribution in [0.25, 0.3) is 0 Å². The molecule has 1 fully saturated rings. The van der Waals surface area contributed by atoms with Gasteiger partial charge in [-0.25, -0.2) is 0 Å². The molecule has 6 nitrogen and oxygen atoms in total. The van der Waals surface area contributed by atoms with E-state index in [0.29, 0.717) is 6.54 Å². The summed E-state index contributed by atoms with van der Waals surface area (Å²) in [5.41, 5.74) is -1.59. The van der Waals surface area contributed by atoms with Crippen LogP contribution in [0.3, 0.4) is 0 Å². The van der Waals surface area contributed by atoms with Crippen molar-refractivity contribution in [3.63, 3.8) is 0 Å². The number of alkyl halides is 3. The maximum Gasteiger partial charge on any atom is 0.436 e. The van der Waals surface area contributed by atoms with Crippen molar-refractivity contribution in [1.29, 1.82) is 0 Å². The van der Waals surface area contributed by atoms with E-state index in [-0.39, 0.29) is 24.9 Å². The fourth-order valence-corrected chi connectivity index (χ4v) is 3.24. The van der Waals surface area contributed by atoms with Crippen LogP contribution < -0.4 is 5.32 Å². The van der Waals surface area contributed by atoms with Gasteiger partial charge in [0.1, 0.15) is 10.7 Å². The molecular weight excluding hydrogens is 349 g/mol. The zero-order chi connectivity index (χ0) is 17.9. The van der Waals surface area contributed by atoms with Gasteiger partial charge in [0.2, 0.25) is 0 Å². The molecule has 0 spiro atoms. The Bertz CT molecular complexity index is 591. The first-order valence-electron chi connectivity index (χ1n) is 7.68. The zero-order valence-corrected chi connectivity index (χ0v) is 14.0. The number of aliphatic hydroxyl groups excluding tert-OH is 1. The molecular formula is C14H20ClF3N4O2. The average molecular weight is 369 g/mol. The molecule has 1 atom stereocenters. The number of likely N-dealkylation sites (tertiary alicyclic amines) is 1. The number of aliphatic hydroxyl groups is 1. The van der Waals surface area contributed by atoms with Gasteiger partial charge >= 0.3 is 6.18 Å². The van der Waals surface area contributed by atoms with Crippen LogP contribution in [-0.2, 0) is 13.2 Å². The van der Waals surface area contributed by atoms with Gasteiger partial charge in [0.05, 0.1) is 6.61 Å². The summed E-state index contributed by atoms with van der Waals surface area (Å²) in [6.07, 6.45) is -1.74. The van der Waals surface area contributed by atoms with Crippen molar-refractivity contribution in [2.24, 2.45) is 7.05 Å². The lowest BCUT2D eigenvalue weighted by atomic mass is 10.0. The zero-order valence-electron chi connectivity index (χ0n) is 13.2. The van der Waals surface area contributed by atoms with Gasteiger partial charge in [0.25, 0.3) is 5.91 Å². The number of hydrogen-bond donors (Lipinski definition) is 2. The standard InChI is InChI=1S/C14H20ClF3N4O2/c1-21-11(10(15)12(20-21)14(16,17)18)13(24)19-5-7-22-6-3-2-4-9(22)8-23/h9,23H,2-8H2,1H3,(H,19,24)/t9-/m0/s1. The molecule has 1 amide bonds. The van der Waals surface area contributed by atoms with Gasteiger partial charge in [-0.05, 0) is 19.4 Å². The molecule has 2 heterocycles. The monoisotopic (exact) mass is 368 g/mol. The normalized spacial score (nSPS) is 19.5. The summed E-state index contributed by atoms with van der Waals surface area (Å²) in [5.74, 6) is -0.706. The first-order chi connectivity index (χ1) is 11.3. The van der Waals surface area contributed by atoms with Gasteiger partial charge in [0, 0.05) is 26.2 Å². The van der Waals surface area contributed by atoms with Crippen molar-refractivity contribution in [2.45, 2.75) is 31.5 Å². The van der Waals surface area contributed by atoms with Gasteiger partial charge in [-0.2, -0.15) is 18.3 Å². The maximum absolute atomic E-state index is 12.8. The quantitative estimate of drug-likeness (QED) is 0.829. The molecule has 1 aliphatic heterocycles. The van der Waals surface area contributed by atoms with Crippen molar-refractivity contribution < 1.29 is 23.1 Å². The number of nitrogens with zero attached hydrogens (tertiary/aromatic N) is 3. The summed E-state index contributed by atoms with van der Waals surface area (Å²) < 4.78 is 39.1. The number of nitrogens with one attached hydrogen (secondary N) is 1. The predicted octanol–water partition coefficient (Wildman–Crippen LogP) is 1.67. The highest BCUT2D eigenvalue weighted by molar-refractivity contribution is 6.34. The fraction of sp³-hybridized carbons (Fsp3) is 0.714. The second kappa shape index (κ2) is 7.71. The van der Waals surface area contributed by atoms with Gasteiger partial charge in [0.15, 0.2) is 5.69 Å². The molecule has 10 heteroatoms. The van der Waals surface area contributed by atoms with Crippen LogP contribution in [0.4, 0.5) is 13.2 Å². The summed E-state index contributed by atoms with van der Waals surface area (Å²) in [4.78, 5) is 14.2. The molecule has 2 rings (SSSR count). The molecule has 136 valence electrons. The minimum Gasteiger partial charge on any atom is -0.395 e. The Labute approximate surface area is 142 Å². The van der Waals surface area contributed by atoms with Gasteiger partial charge in [-0.3, -0.25) is 14.4 Å². The molecule has 1 aliphatic rings. The number of aryl methyl sites for hydroxylation is 1. The Hall–Kier alpha value is -1.32. The number of aromatic nitrogens is 2. The Morgan fingerprint density at radius 3 is 2.75 bits per heavy atom. The number of carbonyl (C=O) groups is 1. The first-order valence-corrected chi connectivity index (χ1v) is 8.06. The fourth-order valence-electron chi connectivity index (χ4n) is 2.88. The van der Waals surface area contributed by atoms with Crippen molar-refractivity contribution in [2.75, 3.05) is 26.2 Å². The molecule has 0 aliphatic carbocycles. The summed E-state index contributed by atoms with van der Waals surface area (Å²) in [7, 11) is 1.24. The van der Waals surface area contributed by atoms with Crippen LogP contribution >= 0.6 is 11.6 Å². The largest absolute Gasteiger partial charge is 0.436 e. The van der Waals surface area contributed by atoms with Crippen LogP contribution in [0, 0.1) is 0 Å². The summed E-state index contributed by atoms with van der Waals surface area (Å²) in [6, 6.07) is 0.0628. The molecule has 24 heavy (non-hydrogen) atoms. The number of piperidine rings is 1. The predicted molar refractivity (Wildman–Crippen MR) is 81.9 cm³/mol. The molecule has 0 bridgehead atoms. The molecule has 0 aromatic carbocycles. The number of carbonyl (C=O) groups excluding carboxylic acids is 1. The van der Waals surface area contributed by atoms with Crippen LogP contribution in [0.5, 0.6) is 0 Å². The lowest BCUT2D eigenvalue weighted by Gasteiger charge is -2.34. The lowest BCUT2D eigenvalue weighted by molar-refractivity contribution is -0.141. The van der Waals surface area contributed by atoms with Crippen molar-refractivity contribution in [3.05, 3.63) is 16.4 Å². The minimum atomic E-state index is -4.71. The number of hydrogen-bond acceptors (Lipinski definition) is 4. The Morgan fingerprint density at radius 1 is 1.46 bits per heavy atom. The van der Waals surface area contributed by atoms with E-state index in [4.69, 9.17) is 11.6 Å². The third-order valence-corrected chi connectivity index (χ3v) is 4.48. The van der Waals surface area contributed by atoms with Crippen molar-refractivity contribution in [1.82, 2.24) is 20.0 Å². The van der Waals surface area contributed by atoms with E-state index in [2.05, 4.69) is 15.3 Å². The first kappa shape index (κ1) is 19.0. The molecule has 0 radical (unpaired) electrons. The van der Waals surface area contributed by atoms with Gasteiger partial charge in [-0.15, -0.1) is 0 Å². The topological polar surface area (TPSA) is 70.4 Å². The molecule has 1 saturated heterocycles. The smallest absolute Gasteiger partial charge is 0.395 e. The maximum atomic E-state index is 12.8. The van der Waals surface area contributed by atoms with Crippen LogP contribution in [0.2, 0.25) is 5.02 Å². The van der Waals surface area contributed by atoms with Crippen LogP contribution in [0.15, 0.2) is 0 Å². The third-order valence-electron chi connectivity index (χ3n) is 4.12. The van der Waals surface area contributed by atoms with Crippen molar-refractivity contribution >= 4 is 17.5 Å². The Morgan fingerprint density at radius 2 is 2.17 bits per heavy atom. The molecule has 0 unspecified atom stereocenters. The SMILES string of the molecule is Cn1nc(C(F)(F)F)c(Cl)c1C(=O)NCCN1CCCC[C@H]1CO.